The van der Waals surface area contributed by atoms with Gasteiger partial charge in [0.2, 0.25) is 0 Å². The topological polar surface area (TPSA) is 41.5 Å². The Morgan fingerprint density at radius 3 is 2.71 bits per heavy atom. The van der Waals surface area contributed by atoms with Crippen molar-refractivity contribution in [3.05, 3.63) is 29.8 Å². The molecule has 1 aromatic carbocycles. The number of nitrogens with one attached hydrogen (secondary N) is 1. The Bertz CT molecular complexity index is 315. The lowest BCUT2D eigenvalue weighted by atomic mass is 10.1. The molecule has 0 aromatic heterocycles. The molecule has 96 valence electrons. The fourth-order valence-electron chi connectivity index (χ4n) is 1.87. The number of para-hydroxylation sites is 1. The lowest BCUT2D eigenvalue weighted by molar-refractivity contribution is 0.282. The smallest absolute Gasteiger partial charge is 0.123 e. The van der Waals surface area contributed by atoms with E-state index in [1.54, 1.807) is 7.11 Å². The highest BCUT2D eigenvalue weighted by Gasteiger charge is 2.09. The van der Waals surface area contributed by atoms with Crippen LogP contribution in [0.15, 0.2) is 24.3 Å². The number of aliphatic hydroxyl groups is 1. The van der Waals surface area contributed by atoms with Crippen molar-refractivity contribution in [1.82, 2.24) is 5.32 Å². The van der Waals surface area contributed by atoms with Gasteiger partial charge in [-0.15, -0.1) is 0 Å². The van der Waals surface area contributed by atoms with Crippen LogP contribution in [0.25, 0.3) is 0 Å². The molecule has 17 heavy (non-hydrogen) atoms. The van der Waals surface area contributed by atoms with Gasteiger partial charge in [-0.25, -0.2) is 0 Å². The standard InChI is InChI=1S/C14H23NO2/c1-12(15-10-6-3-7-11-16)13-8-4-5-9-14(13)17-2/h4-5,8-9,12,15-16H,3,6-7,10-11H2,1-2H3/t12-/m1/s1. The lowest BCUT2D eigenvalue weighted by Crippen LogP contribution is -2.20. The molecular formula is C14H23NO2. The summed E-state index contributed by atoms with van der Waals surface area (Å²) in [6.45, 7) is 3.41. The van der Waals surface area contributed by atoms with Crippen LogP contribution in [-0.2, 0) is 0 Å². The van der Waals surface area contributed by atoms with Crippen LogP contribution in [0.5, 0.6) is 5.75 Å². The Morgan fingerprint density at radius 1 is 1.24 bits per heavy atom. The van der Waals surface area contributed by atoms with Crippen molar-refractivity contribution in [1.29, 1.82) is 0 Å². The van der Waals surface area contributed by atoms with Crippen LogP contribution in [0, 0.1) is 0 Å². The van der Waals surface area contributed by atoms with E-state index in [0.717, 1.165) is 31.6 Å². The average Bonchev–Trinajstić information content (AvgIpc) is 2.38. The van der Waals surface area contributed by atoms with Gasteiger partial charge in [-0.1, -0.05) is 18.2 Å². The van der Waals surface area contributed by atoms with Gasteiger partial charge in [0.05, 0.1) is 7.11 Å². The molecule has 1 atom stereocenters. The Hall–Kier alpha value is -1.06. The van der Waals surface area contributed by atoms with Crippen LogP contribution in [0.1, 0.15) is 37.8 Å². The zero-order chi connectivity index (χ0) is 12.5. The van der Waals surface area contributed by atoms with E-state index in [9.17, 15) is 0 Å². The first kappa shape index (κ1) is 14.0. The first-order valence-electron chi connectivity index (χ1n) is 6.26. The van der Waals surface area contributed by atoms with Gasteiger partial charge >= 0.3 is 0 Å². The Balaban J connectivity index is 2.38. The number of rotatable bonds is 8. The number of ether oxygens (including phenoxy) is 1. The molecule has 1 rings (SSSR count). The molecule has 0 aliphatic rings. The summed E-state index contributed by atoms with van der Waals surface area (Å²) in [5.41, 5.74) is 1.19. The first-order chi connectivity index (χ1) is 8.29. The van der Waals surface area contributed by atoms with Gasteiger partial charge in [-0.05, 0) is 38.8 Å². The maximum Gasteiger partial charge on any atom is 0.123 e. The summed E-state index contributed by atoms with van der Waals surface area (Å²) in [6, 6.07) is 8.38. The third kappa shape index (κ3) is 4.75. The minimum Gasteiger partial charge on any atom is -0.496 e. The quantitative estimate of drug-likeness (QED) is 0.683. The molecule has 3 nitrogen and oxygen atoms in total. The number of methoxy groups -OCH3 is 1. The Morgan fingerprint density at radius 2 is 2.00 bits per heavy atom. The van der Waals surface area contributed by atoms with Crippen molar-refractivity contribution in [3.8, 4) is 5.75 Å². The number of hydrogen-bond donors (Lipinski definition) is 2. The van der Waals surface area contributed by atoms with Gasteiger partial charge in [0.25, 0.3) is 0 Å². The maximum atomic E-state index is 8.68. The summed E-state index contributed by atoms with van der Waals surface area (Å²) in [6.07, 6.45) is 3.06. The molecule has 0 aliphatic heterocycles. The van der Waals surface area contributed by atoms with Crippen molar-refractivity contribution >= 4 is 0 Å². The Labute approximate surface area is 104 Å². The SMILES string of the molecule is COc1ccccc1[C@@H](C)NCCCCCO. The first-order valence-corrected chi connectivity index (χ1v) is 6.26. The highest BCUT2D eigenvalue weighted by atomic mass is 16.5. The molecule has 0 amide bonds. The van der Waals surface area contributed by atoms with Gasteiger partial charge in [-0.2, -0.15) is 0 Å². The van der Waals surface area contributed by atoms with Gasteiger partial charge < -0.3 is 15.2 Å². The van der Waals surface area contributed by atoms with Crippen molar-refractivity contribution < 1.29 is 9.84 Å². The molecule has 3 heteroatoms. The van der Waals surface area contributed by atoms with Gasteiger partial charge in [0.15, 0.2) is 0 Å². The van der Waals surface area contributed by atoms with E-state index in [0.29, 0.717) is 12.6 Å². The normalized spacial score (nSPS) is 12.4. The number of unbranched alkanes of at least 4 members (excludes halogenated alkanes) is 2. The molecule has 0 radical (unpaired) electrons. The molecule has 0 saturated heterocycles. The predicted molar refractivity (Wildman–Crippen MR) is 70.3 cm³/mol. The summed E-state index contributed by atoms with van der Waals surface area (Å²) >= 11 is 0. The molecule has 0 fully saturated rings. The third-order valence-corrected chi connectivity index (χ3v) is 2.89. The summed E-state index contributed by atoms with van der Waals surface area (Å²) in [5, 5.41) is 12.2. The van der Waals surface area contributed by atoms with E-state index < -0.39 is 0 Å². The molecule has 0 saturated carbocycles. The monoisotopic (exact) mass is 237 g/mol. The van der Waals surface area contributed by atoms with Crippen LogP contribution >= 0.6 is 0 Å². The molecule has 0 heterocycles. The predicted octanol–water partition coefficient (Wildman–Crippen LogP) is 2.51. The highest BCUT2D eigenvalue weighted by molar-refractivity contribution is 5.35. The number of hydrogen-bond acceptors (Lipinski definition) is 3. The van der Waals surface area contributed by atoms with Crippen molar-refractivity contribution in [2.45, 2.75) is 32.2 Å². The maximum absolute atomic E-state index is 8.68. The number of aliphatic hydroxyl groups excluding tert-OH is 1. The van der Waals surface area contributed by atoms with Crippen LogP contribution in [0.3, 0.4) is 0 Å². The van der Waals surface area contributed by atoms with Crippen molar-refractivity contribution in [2.24, 2.45) is 0 Å². The second kappa shape index (κ2) is 8.09. The summed E-state index contributed by atoms with van der Waals surface area (Å²) < 4.78 is 5.34. The number of benzene rings is 1. The van der Waals surface area contributed by atoms with E-state index in [2.05, 4.69) is 18.3 Å². The molecule has 0 bridgehead atoms. The second-order valence-electron chi connectivity index (χ2n) is 4.20. The summed E-state index contributed by atoms with van der Waals surface area (Å²) in [7, 11) is 1.70. The minimum absolute atomic E-state index is 0.292. The fourth-order valence-corrected chi connectivity index (χ4v) is 1.87. The molecule has 0 spiro atoms. The average molecular weight is 237 g/mol. The van der Waals surface area contributed by atoms with E-state index in [1.807, 2.05) is 18.2 Å². The molecule has 0 aliphatic carbocycles. The Kier molecular flexibility index (Phi) is 6.67. The fraction of sp³-hybridized carbons (Fsp3) is 0.571. The van der Waals surface area contributed by atoms with Crippen LogP contribution in [-0.4, -0.2) is 25.4 Å². The van der Waals surface area contributed by atoms with Gasteiger partial charge in [0.1, 0.15) is 5.75 Å². The van der Waals surface area contributed by atoms with Gasteiger partial charge in [0, 0.05) is 18.2 Å². The zero-order valence-corrected chi connectivity index (χ0v) is 10.8. The molecule has 2 N–H and O–H groups in total. The van der Waals surface area contributed by atoms with Crippen LogP contribution in [0.4, 0.5) is 0 Å². The van der Waals surface area contributed by atoms with Gasteiger partial charge in [-0.3, -0.25) is 0 Å². The van der Waals surface area contributed by atoms with E-state index in [-0.39, 0.29) is 0 Å². The summed E-state index contributed by atoms with van der Waals surface area (Å²) in [5.74, 6) is 0.933. The van der Waals surface area contributed by atoms with Crippen LogP contribution in [0.2, 0.25) is 0 Å². The third-order valence-electron chi connectivity index (χ3n) is 2.89. The van der Waals surface area contributed by atoms with Crippen molar-refractivity contribution in [2.75, 3.05) is 20.3 Å². The molecular weight excluding hydrogens is 214 g/mol. The van der Waals surface area contributed by atoms with E-state index in [1.165, 1.54) is 5.56 Å². The van der Waals surface area contributed by atoms with E-state index in [4.69, 9.17) is 9.84 Å². The minimum atomic E-state index is 0.292. The second-order valence-corrected chi connectivity index (χ2v) is 4.20. The lowest BCUT2D eigenvalue weighted by Gasteiger charge is -2.17. The van der Waals surface area contributed by atoms with Crippen molar-refractivity contribution in [3.63, 3.8) is 0 Å². The van der Waals surface area contributed by atoms with Crippen LogP contribution < -0.4 is 10.1 Å². The summed E-state index contributed by atoms with van der Waals surface area (Å²) in [4.78, 5) is 0. The zero-order valence-electron chi connectivity index (χ0n) is 10.8. The highest BCUT2D eigenvalue weighted by Crippen LogP contribution is 2.24. The largest absolute Gasteiger partial charge is 0.496 e. The van der Waals surface area contributed by atoms with E-state index >= 15 is 0 Å². The molecule has 0 unspecified atom stereocenters. The molecule has 1 aromatic rings.